The van der Waals surface area contributed by atoms with Crippen LogP contribution in [0.4, 0.5) is 5.69 Å². The summed E-state index contributed by atoms with van der Waals surface area (Å²) < 4.78 is 5.78. The van der Waals surface area contributed by atoms with Gasteiger partial charge in [-0.25, -0.2) is 4.98 Å². The number of nitrogens with zero attached hydrogens (tertiary/aromatic N) is 1. The molecule has 2 atom stereocenters. The lowest BCUT2D eigenvalue weighted by molar-refractivity contribution is 0.233. The van der Waals surface area contributed by atoms with Gasteiger partial charge in [0.15, 0.2) is 0 Å². The largest absolute Gasteiger partial charge is 0.473 e. The summed E-state index contributed by atoms with van der Waals surface area (Å²) in [5.74, 6) is 1.51. The van der Waals surface area contributed by atoms with Gasteiger partial charge < -0.3 is 10.1 Å². The van der Waals surface area contributed by atoms with Crippen LogP contribution in [0.15, 0.2) is 18.3 Å². The van der Waals surface area contributed by atoms with Crippen molar-refractivity contribution in [1.82, 2.24) is 4.98 Å². The molecule has 1 aromatic heterocycles. The van der Waals surface area contributed by atoms with Crippen LogP contribution < -0.4 is 10.1 Å². The summed E-state index contributed by atoms with van der Waals surface area (Å²) in [5, 5.41) is 3.67. The van der Waals surface area contributed by atoms with Gasteiger partial charge in [0, 0.05) is 12.2 Å². The van der Waals surface area contributed by atoms with E-state index in [2.05, 4.69) is 23.3 Å². The fraction of sp³-hybridized carbons (Fsp3) is 0.688. The number of ether oxygens (including phenoxy) is 1. The molecule has 2 unspecified atom stereocenters. The third kappa shape index (κ3) is 3.85. The highest BCUT2D eigenvalue weighted by Crippen LogP contribution is 2.31. The molecular formula is C16H26N2O. The maximum Gasteiger partial charge on any atom is 0.237 e. The zero-order chi connectivity index (χ0) is 13.7. The Morgan fingerprint density at radius 2 is 2.16 bits per heavy atom. The molecule has 0 aliphatic heterocycles. The molecule has 0 spiro atoms. The number of aromatic nitrogens is 1. The molecule has 106 valence electrons. The Bertz CT molecular complexity index is 392. The second-order valence-electron chi connectivity index (χ2n) is 5.73. The van der Waals surface area contributed by atoms with Crippen LogP contribution in [0, 0.1) is 5.92 Å². The Labute approximate surface area is 116 Å². The topological polar surface area (TPSA) is 34.2 Å². The van der Waals surface area contributed by atoms with Gasteiger partial charge in [-0.05, 0) is 44.7 Å². The van der Waals surface area contributed by atoms with E-state index in [1.807, 2.05) is 19.9 Å². The van der Waals surface area contributed by atoms with E-state index < -0.39 is 0 Å². The molecule has 2 rings (SSSR count). The normalized spacial score (nSPS) is 23.4. The van der Waals surface area contributed by atoms with E-state index in [9.17, 15) is 0 Å². The molecule has 1 fully saturated rings. The first-order valence-corrected chi connectivity index (χ1v) is 7.59. The van der Waals surface area contributed by atoms with Crippen LogP contribution in [0.3, 0.4) is 0 Å². The number of anilines is 1. The molecule has 0 radical (unpaired) electrons. The molecule has 0 saturated heterocycles. The van der Waals surface area contributed by atoms with Gasteiger partial charge in [0.2, 0.25) is 5.88 Å². The van der Waals surface area contributed by atoms with Crippen molar-refractivity contribution in [2.75, 3.05) is 5.32 Å². The Hall–Kier alpha value is -1.25. The molecule has 3 nitrogen and oxygen atoms in total. The summed E-state index contributed by atoms with van der Waals surface area (Å²) in [6.07, 6.45) is 8.50. The molecule has 0 aromatic carbocycles. The lowest BCUT2D eigenvalue weighted by atomic mass is 9.83. The highest BCUT2D eigenvalue weighted by Gasteiger charge is 2.24. The predicted molar refractivity (Wildman–Crippen MR) is 79.7 cm³/mol. The van der Waals surface area contributed by atoms with Crippen molar-refractivity contribution in [2.24, 2.45) is 5.92 Å². The maximum absolute atomic E-state index is 5.78. The van der Waals surface area contributed by atoms with E-state index in [4.69, 9.17) is 4.74 Å². The Morgan fingerprint density at radius 1 is 1.37 bits per heavy atom. The Kier molecular flexibility index (Phi) is 5.06. The second-order valence-corrected chi connectivity index (χ2v) is 5.73. The highest BCUT2D eigenvalue weighted by molar-refractivity contribution is 5.53. The lowest BCUT2D eigenvalue weighted by Crippen LogP contribution is -2.32. The lowest BCUT2D eigenvalue weighted by Gasteiger charge is -2.32. The van der Waals surface area contributed by atoms with Crippen LogP contribution in [-0.4, -0.2) is 17.1 Å². The first-order chi connectivity index (χ1) is 9.20. The zero-order valence-corrected chi connectivity index (χ0v) is 12.4. The fourth-order valence-electron chi connectivity index (χ4n) is 2.90. The molecule has 1 aromatic rings. The average Bonchev–Trinajstić information content (AvgIpc) is 2.41. The summed E-state index contributed by atoms with van der Waals surface area (Å²) in [5.41, 5.74) is 1.04. The van der Waals surface area contributed by atoms with Crippen molar-refractivity contribution in [2.45, 2.75) is 65.0 Å². The minimum atomic E-state index is 0.156. The van der Waals surface area contributed by atoms with Crippen LogP contribution in [0.2, 0.25) is 0 Å². The average molecular weight is 262 g/mol. The third-order valence-corrected chi connectivity index (χ3v) is 3.89. The van der Waals surface area contributed by atoms with Crippen LogP contribution in [-0.2, 0) is 0 Å². The van der Waals surface area contributed by atoms with Gasteiger partial charge in [-0.15, -0.1) is 0 Å². The number of hydrogen-bond donors (Lipinski definition) is 1. The molecular weight excluding hydrogens is 236 g/mol. The second kappa shape index (κ2) is 6.78. The van der Waals surface area contributed by atoms with E-state index in [0.29, 0.717) is 6.04 Å². The van der Waals surface area contributed by atoms with Crippen LogP contribution in [0.1, 0.15) is 52.9 Å². The minimum absolute atomic E-state index is 0.156. The highest BCUT2D eigenvalue weighted by atomic mass is 16.5. The number of hydrogen-bond acceptors (Lipinski definition) is 3. The summed E-state index contributed by atoms with van der Waals surface area (Å²) in [6.45, 7) is 6.36. The van der Waals surface area contributed by atoms with E-state index in [1.54, 1.807) is 6.20 Å². The van der Waals surface area contributed by atoms with Crippen molar-refractivity contribution in [3.63, 3.8) is 0 Å². The van der Waals surface area contributed by atoms with Gasteiger partial charge in [0.25, 0.3) is 0 Å². The van der Waals surface area contributed by atoms with Gasteiger partial charge in [-0.1, -0.05) is 26.2 Å². The zero-order valence-electron chi connectivity index (χ0n) is 12.4. The molecule has 1 aliphatic rings. The number of rotatable bonds is 5. The van der Waals surface area contributed by atoms with E-state index in [-0.39, 0.29) is 6.10 Å². The quantitative estimate of drug-likeness (QED) is 0.861. The van der Waals surface area contributed by atoms with Gasteiger partial charge in [0.05, 0.1) is 11.8 Å². The van der Waals surface area contributed by atoms with Crippen molar-refractivity contribution in [3.05, 3.63) is 18.3 Å². The third-order valence-electron chi connectivity index (χ3n) is 3.89. The van der Waals surface area contributed by atoms with E-state index in [0.717, 1.165) is 17.5 Å². The van der Waals surface area contributed by atoms with Gasteiger partial charge in [-0.2, -0.15) is 0 Å². The standard InChI is InChI=1S/C16H26N2O/c1-4-13-8-5-6-9-14(13)18-15-10-7-11-17-16(15)19-12(2)3/h7,10-14,18H,4-6,8-9H2,1-3H3. The predicted octanol–water partition coefficient (Wildman–Crippen LogP) is 4.25. The first kappa shape index (κ1) is 14.2. The SMILES string of the molecule is CCC1CCCCC1Nc1cccnc1OC(C)C. The monoisotopic (exact) mass is 262 g/mol. The van der Waals surface area contributed by atoms with Crippen molar-refractivity contribution >= 4 is 5.69 Å². The first-order valence-electron chi connectivity index (χ1n) is 7.59. The van der Waals surface area contributed by atoms with Crippen LogP contribution in [0.5, 0.6) is 5.88 Å². The molecule has 19 heavy (non-hydrogen) atoms. The molecule has 0 bridgehead atoms. The van der Waals surface area contributed by atoms with Gasteiger partial charge >= 0.3 is 0 Å². The van der Waals surface area contributed by atoms with Crippen molar-refractivity contribution < 1.29 is 4.74 Å². The fourth-order valence-corrected chi connectivity index (χ4v) is 2.90. The van der Waals surface area contributed by atoms with Crippen molar-refractivity contribution in [3.8, 4) is 5.88 Å². The van der Waals surface area contributed by atoms with Crippen LogP contribution >= 0.6 is 0 Å². The minimum Gasteiger partial charge on any atom is -0.473 e. The van der Waals surface area contributed by atoms with Gasteiger partial charge in [0.1, 0.15) is 0 Å². The van der Waals surface area contributed by atoms with E-state index >= 15 is 0 Å². The summed E-state index contributed by atoms with van der Waals surface area (Å²) in [6, 6.07) is 4.61. The van der Waals surface area contributed by atoms with E-state index in [1.165, 1.54) is 32.1 Å². The number of nitrogens with one attached hydrogen (secondary N) is 1. The smallest absolute Gasteiger partial charge is 0.237 e. The van der Waals surface area contributed by atoms with Gasteiger partial charge in [-0.3, -0.25) is 0 Å². The molecule has 0 amide bonds. The molecule has 1 heterocycles. The van der Waals surface area contributed by atoms with Crippen molar-refractivity contribution in [1.29, 1.82) is 0 Å². The summed E-state index contributed by atoms with van der Waals surface area (Å²) in [4.78, 5) is 4.35. The summed E-state index contributed by atoms with van der Waals surface area (Å²) >= 11 is 0. The molecule has 1 aliphatic carbocycles. The molecule has 1 N–H and O–H groups in total. The molecule has 1 saturated carbocycles. The maximum atomic E-state index is 5.78. The van der Waals surface area contributed by atoms with Crippen LogP contribution in [0.25, 0.3) is 0 Å². The Morgan fingerprint density at radius 3 is 2.89 bits per heavy atom. The molecule has 3 heteroatoms. The number of pyridine rings is 1. The Balaban J connectivity index is 2.08. The summed E-state index contributed by atoms with van der Waals surface area (Å²) in [7, 11) is 0.